The second kappa shape index (κ2) is 6.52. The van der Waals surface area contributed by atoms with Gasteiger partial charge >= 0.3 is 0 Å². The van der Waals surface area contributed by atoms with Gasteiger partial charge in [0.25, 0.3) is 5.91 Å². The van der Waals surface area contributed by atoms with Gasteiger partial charge in [-0.2, -0.15) is 0 Å². The molecule has 2 heterocycles. The van der Waals surface area contributed by atoms with Crippen LogP contribution in [0.2, 0.25) is 0 Å². The van der Waals surface area contributed by atoms with E-state index in [0.29, 0.717) is 11.5 Å². The first-order chi connectivity index (χ1) is 12.6. The lowest BCUT2D eigenvalue weighted by atomic mass is 10.0. The second-order valence-corrected chi connectivity index (χ2v) is 7.22. The van der Waals surface area contributed by atoms with E-state index in [-0.39, 0.29) is 11.9 Å². The first-order valence-electron chi connectivity index (χ1n) is 9.11. The van der Waals surface area contributed by atoms with Crippen molar-refractivity contribution in [3.8, 4) is 0 Å². The summed E-state index contributed by atoms with van der Waals surface area (Å²) < 4.78 is 0. The van der Waals surface area contributed by atoms with Crippen LogP contribution in [0.3, 0.4) is 0 Å². The smallest absolute Gasteiger partial charge is 0.256 e. The van der Waals surface area contributed by atoms with Gasteiger partial charge in [0.15, 0.2) is 0 Å². The van der Waals surface area contributed by atoms with Crippen molar-refractivity contribution < 1.29 is 4.79 Å². The van der Waals surface area contributed by atoms with Crippen molar-refractivity contribution in [1.29, 1.82) is 0 Å². The summed E-state index contributed by atoms with van der Waals surface area (Å²) in [6.45, 7) is 3.96. The minimum Gasteiger partial charge on any atom is -0.333 e. The van der Waals surface area contributed by atoms with Crippen LogP contribution >= 0.6 is 0 Å². The molecule has 0 radical (unpaired) electrons. The molecular weight excluding hydrogens is 322 g/mol. The van der Waals surface area contributed by atoms with Gasteiger partial charge in [0.1, 0.15) is 0 Å². The van der Waals surface area contributed by atoms with Crippen molar-refractivity contribution in [1.82, 2.24) is 14.9 Å². The third-order valence-corrected chi connectivity index (χ3v) is 5.27. The number of carbonyl (C=O) groups excluding carboxylic acids is 1. The van der Waals surface area contributed by atoms with Crippen molar-refractivity contribution in [2.75, 3.05) is 7.05 Å². The zero-order valence-corrected chi connectivity index (χ0v) is 15.4. The third kappa shape index (κ3) is 2.96. The number of rotatable bonds is 4. The van der Waals surface area contributed by atoms with E-state index < -0.39 is 0 Å². The molecule has 26 heavy (non-hydrogen) atoms. The Morgan fingerprint density at radius 3 is 2.65 bits per heavy atom. The van der Waals surface area contributed by atoms with Crippen molar-refractivity contribution in [2.45, 2.75) is 32.7 Å². The van der Waals surface area contributed by atoms with E-state index in [4.69, 9.17) is 4.98 Å². The van der Waals surface area contributed by atoms with Gasteiger partial charge in [0.2, 0.25) is 0 Å². The zero-order valence-electron chi connectivity index (χ0n) is 15.4. The Balaban J connectivity index is 1.72. The molecule has 4 heteroatoms. The van der Waals surface area contributed by atoms with Crippen LogP contribution in [0.1, 0.15) is 46.2 Å². The molecule has 1 fully saturated rings. The van der Waals surface area contributed by atoms with Crippen LogP contribution < -0.4 is 0 Å². The Hall–Kier alpha value is -2.75. The topological polar surface area (TPSA) is 46.1 Å². The number of benzene rings is 1. The molecule has 1 aliphatic carbocycles. The molecule has 0 N–H and O–H groups in total. The monoisotopic (exact) mass is 345 g/mol. The largest absolute Gasteiger partial charge is 0.333 e. The summed E-state index contributed by atoms with van der Waals surface area (Å²) in [6.07, 6.45) is 4.09. The number of amides is 1. The summed E-state index contributed by atoms with van der Waals surface area (Å²) in [5, 5.41) is 1.01. The van der Waals surface area contributed by atoms with E-state index in [1.165, 1.54) is 0 Å². The van der Waals surface area contributed by atoms with Crippen LogP contribution in [0.25, 0.3) is 10.9 Å². The minimum atomic E-state index is 0.0148. The molecule has 1 atom stereocenters. The second-order valence-electron chi connectivity index (χ2n) is 7.22. The van der Waals surface area contributed by atoms with E-state index in [0.717, 1.165) is 40.7 Å². The van der Waals surface area contributed by atoms with Crippen molar-refractivity contribution in [2.24, 2.45) is 5.92 Å². The normalized spacial score (nSPS) is 15.0. The maximum Gasteiger partial charge on any atom is 0.256 e. The molecule has 0 bridgehead atoms. The van der Waals surface area contributed by atoms with Gasteiger partial charge in [-0.15, -0.1) is 0 Å². The van der Waals surface area contributed by atoms with Crippen molar-refractivity contribution in [3.05, 3.63) is 71.2 Å². The predicted octanol–water partition coefficient (Wildman–Crippen LogP) is 4.47. The molecule has 3 aromatic rings. The summed E-state index contributed by atoms with van der Waals surface area (Å²) in [5.41, 5.74) is 4.51. The molecule has 132 valence electrons. The quantitative estimate of drug-likeness (QED) is 0.701. The van der Waals surface area contributed by atoms with Crippen LogP contribution in [-0.4, -0.2) is 27.8 Å². The number of nitrogens with zero attached hydrogens (tertiary/aromatic N) is 3. The highest BCUT2D eigenvalue weighted by molar-refractivity contribution is 5.99. The molecule has 0 aliphatic heterocycles. The first-order valence-corrected chi connectivity index (χ1v) is 9.11. The Morgan fingerprint density at radius 2 is 1.96 bits per heavy atom. The van der Waals surface area contributed by atoms with Crippen molar-refractivity contribution >= 4 is 16.8 Å². The maximum atomic E-state index is 13.3. The Kier molecular flexibility index (Phi) is 4.19. The Morgan fingerprint density at radius 1 is 1.15 bits per heavy atom. The van der Waals surface area contributed by atoms with Gasteiger partial charge in [-0.05, 0) is 56.4 Å². The lowest BCUT2D eigenvalue weighted by molar-refractivity contribution is 0.0706. The highest BCUT2D eigenvalue weighted by Crippen LogP contribution is 2.44. The lowest BCUT2D eigenvalue weighted by Gasteiger charge is -2.28. The van der Waals surface area contributed by atoms with Gasteiger partial charge in [0, 0.05) is 18.6 Å². The summed E-state index contributed by atoms with van der Waals surface area (Å²) >= 11 is 0. The van der Waals surface area contributed by atoms with Gasteiger partial charge in [-0.1, -0.05) is 24.3 Å². The van der Waals surface area contributed by atoms with Crippen LogP contribution in [0, 0.1) is 19.8 Å². The zero-order chi connectivity index (χ0) is 18.3. The van der Waals surface area contributed by atoms with Crippen LogP contribution in [-0.2, 0) is 0 Å². The van der Waals surface area contributed by atoms with E-state index in [2.05, 4.69) is 4.98 Å². The number of aryl methyl sites for hydroxylation is 2. The summed E-state index contributed by atoms with van der Waals surface area (Å²) in [4.78, 5) is 24.4. The number of hydrogen-bond acceptors (Lipinski definition) is 3. The number of hydrogen-bond donors (Lipinski definition) is 0. The number of carbonyl (C=O) groups is 1. The Labute approximate surface area is 153 Å². The van der Waals surface area contributed by atoms with Crippen molar-refractivity contribution in [3.63, 3.8) is 0 Å². The number of fused-ring (bicyclic) bond motifs is 1. The fourth-order valence-electron chi connectivity index (χ4n) is 3.69. The lowest BCUT2D eigenvalue weighted by Crippen LogP contribution is -2.33. The molecule has 1 aromatic carbocycles. The molecule has 4 nitrogen and oxygen atoms in total. The van der Waals surface area contributed by atoms with Crippen LogP contribution in [0.15, 0.2) is 48.7 Å². The maximum absolute atomic E-state index is 13.3. The third-order valence-electron chi connectivity index (χ3n) is 5.27. The van der Waals surface area contributed by atoms with E-state index in [9.17, 15) is 4.79 Å². The predicted molar refractivity (Wildman–Crippen MR) is 103 cm³/mol. The van der Waals surface area contributed by atoms with Gasteiger partial charge in [-0.3, -0.25) is 14.8 Å². The van der Waals surface area contributed by atoms with Gasteiger partial charge in [-0.25, -0.2) is 0 Å². The highest BCUT2D eigenvalue weighted by Gasteiger charge is 2.38. The van der Waals surface area contributed by atoms with Crippen LogP contribution in [0.4, 0.5) is 0 Å². The summed E-state index contributed by atoms with van der Waals surface area (Å²) in [7, 11) is 1.89. The summed E-state index contributed by atoms with van der Waals surface area (Å²) in [6, 6.07) is 14.0. The van der Waals surface area contributed by atoms with E-state index >= 15 is 0 Å². The number of para-hydroxylation sites is 1. The van der Waals surface area contributed by atoms with Gasteiger partial charge in [0.05, 0.1) is 28.5 Å². The molecular formula is C22H23N3O. The fraction of sp³-hybridized carbons (Fsp3) is 0.318. The minimum absolute atomic E-state index is 0.0148. The first kappa shape index (κ1) is 16.7. The molecule has 0 saturated heterocycles. The molecule has 0 spiro atoms. The average molecular weight is 345 g/mol. The highest BCUT2D eigenvalue weighted by atomic mass is 16.2. The molecule has 1 aliphatic rings. The van der Waals surface area contributed by atoms with Gasteiger partial charge < -0.3 is 4.90 Å². The Bertz CT molecular complexity index is 964. The summed E-state index contributed by atoms with van der Waals surface area (Å²) in [5.74, 6) is 0.510. The van der Waals surface area contributed by atoms with E-state index in [1.54, 1.807) is 6.20 Å². The standard InChI is InChI=1S/C22H23N3O/c1-14-7-6-8-17-13-18(15(2)24-20(14)17)22(26)25(3)21(16-10-11-16)19-9-4-5-12-23-19/h4-9,12-13,16,21H,10-11H2,1-3H3/t21-/m1/s1. The SMILES string of the molecule is Cc1nc2c(C)cccc2cc1C(=O)N(C)[C@@H](c1ccccn1)C1CC1. The molecule has 4 rings (SSSR count). The molecule has 1 amide bonds. The molecule has 0 unspecified atom stereocenters. The molecule has 1 saturated carbocycles. The number of aromatic nitrogens is 2. The fourth-order valence-corrected chi connectivity index (χ4v) is 3.69. The molecule has 2 aromatic heterocycles. The van der Waals surface area contributed by atoms with Crippen LogP contribution in [0.5, 0.6) is 0 Å². The average Bonchev–Trinajstić information content (AvgIpc) is 3.47. The number of pyridine rings is 2. The van der Waals surface area contributed by atoms with E-state index in [1.807, 2.05) is 68.3 Å².